The SMILES string of the molecule is CCN(CCC(=O)c1cccc(F)c1)C(C)C. The van der Waals surface area contributed by atoms with Gasteiger partial charge in [0.05, 0.1) is 0 Å². The van der Waals surface area contributed by atoms with Crippen molar-refractivity contribution < 1.29 is 9.18 Å². The second kappa shape index (κ2) is 6.50. The number of ketones is 1. The summed E-state index contributed by atoms with van der Waals surface area (Å²) in [6.45, 7) is 7.94. The lowest BCUT2D eigenvalue weighted by atomic mass is 10.1. The van der Waals surface area contributed by atoms with Crippen molar-refractivity contribution in [3.63, 3.8) is 0 Å². The van der Waals surface area contributed by atoms with Crippen LogP contribution in [0.5, 0.6) is 0 Å². The Morgan fingerprint density at radius 3 is 2.65 bits per heavy atom. The summed E-state index contributed by atoms with van der Waals surface area (Å²) in [5, 5.41) is 0. The molecule has 0 saturated carbocycles. The molecule has 0 saturated heterocycles. The Morgan fingerprint density at radius 2 is 2.12 bits per heavy atom. The van der Waals surface area contributed by atoms with Crippen molar-refractivity contribution in [2.24, 2.45) is 0 Å². The van der Waals surface area contributed by atoms with E-state index in [1.54, 1.807) is 12.1 Å². The van der Waals surface area contributed by atoms with Gasteiger partial charge in [-0.2, -0.15) is 0 Å². The number of Topliss-reactive ketones (excluding diaryl/α,β-unsaturated/α-hetero) is 1. The molecule has 0 aliphatic heterocycles. The normalized spacial score (nSPS) is 11.2. The van der Waals surface area contributed by atoms with E-state index in [0.717, 1.165) is 13.1 Å². The van der Waals surface area contributed by atoms with Crippen LogP contribution in [0, 0.1) is 5.82 Å². The third-order valence-electron chi connectivity index (χ3n) is 2.91. The van der Waals surface area contributed by atoms with E-state index in [1.807, 2.05) is 0 Å². The van der Waals surface area contributed by atoms with Crippen LogP contribution < -0.4 is 0 Å². The first-order valence-corrected chi connectivity index (χ1v) is 6.07. The topological polar surface area (TPSA) is 20.3 Å². The summed E-state index contributed by atoms with van der Waals surface area (Å²) in [6, 6.07) is 6.32. The molecule has 17 heavy (non-hydrogen) atoms. The largest absolute Gasteiger partial charge is 0.301 e. The van der Waals surface area contributed by atoms with Crippen molar-refractivity contribution >= 4 is 5.78 Å². The molecular weight excluding hydrogens is 217 g/mol. The van der Waals surface area contributed by atoms with Crippen LogP contribution in [0.15, 0.2) is 24.3 Å². The summed E-state index contributed by atoms with van der Waals surface area (Å²) in [7, 11) is 0. The molecule has 1 rings (SSSR count). The molecule has 0 radical (unpaired) electrons. The van der Waals surface area contributed by atoms with Gasteiger partial charge in [-0.3, -0.25) is 4.79 Å². The average Bonchev–Trinajstić information content (AvgIpc) is 2.29. The summed E-state index contributed by atoms with van der Waals surface area (Å²) in [5.74, 6) is -0.351. The molecule has 2 nitrogen and oxygen atoms in total. The maximum absolute atomic E-state index is 13.0. The second-order valence-electron chi connectivity index (χ2n) is 4.41. The van der Waals surface area contributed by atoms with Crippen molar-refractivity contribution in [3.05, 3.63) is 35.6 Å². The lowest BCUT2D eigenvalue weighted by Crippen LogP contribution is -2.32. The quantitative estimate of drug-likeness (QED) is 0.708. The van der Waals surface area contributed by atoms with Gasteiger partial charge in [-0.25, -0.2) is 4.39 Å². The van der Waals surface area contributed by atoms with Gasteiger partial charge in [-0.1, -0.05) is 19.1 Å². The van der Waals surface area contributed by atoms with E-state index < -0.39 is 0 Å². The van der Waals surface area contributed by atoms with E-state index in [4.69, 9.17) is 0 Å². The summed E-state index contributed by atoms with van der Waals surface area (Å²) < 4.78 is 13.0. The van der Waals surface area contributed by atoms with Gasteiger partial charge in [0.1, 0.15) is 5.82 Å². The molecule has 0 aromatic heterocycles. The lowest BCUT2D eigenvalue weighted by molar-refractivity contribution is 0.0957. The predicted octanol–water partition coefficient (Wildman–Crippen LogP) is 3.13. The number of benzene rings is 1. The fraction of sp³-hybridized carbons (Fsp3) is 0.500. The van der Waals surface area contributed by atoms with Crippen molar-refractivity contribution in [1.82, 2.24) is 4.90 Å². The summed E-state index contributed by atoms with van der Waals surface area (Å²) in [4.78, 5) is 14.1. The Balaban J connectivity index is 2.55. The molecule has 1 aromatic rings. The maximum Gasteiger partial charge on any atom is 0.164 e. The van der Waals surface area contributed by atoms with E-state index in [1.165, 1.54) is 12.1 Å². The summed E-state index contributed by atoms with van der Waals surface area (Å²) >= 11 is 0. The number of rotatable bonds is 6. The van der Waals surface area contributed by atoms with Crippen LogP contribution >= 0.6 is 0 Å². The first-order valence-electron chi connectivity index (χ1n) is 6.07. The van der Waals surface area contributed by atoms with Crippen LogP contribution in [-0.4, -0.2) is 29.8 Å². The number of hydrogen-bond acceptors (Lipinski definition) is 2. The lowest BCUT2D eigenvalue weighted by Gasteiger charge is -2.24. The number of halogens is 1. The molecule has 0 aliphatic rings. The van der Waals surface area contributed by atoms with Gasteiger partial charge in [0.2, 0.25) is 0 Å². The number of carbonyl (C=O) groups excluding carboxylic acids is 1. The van der Waals surface area contributed by atoms with Crippen LogP contribution in [0.1, 0.15) is 37.6 Å². The van der Waals surface area contributed by atoms with Gasteiger partial charge in [0, 0.05) is 24.6 Å². The minimum atomic E-state index is -0.355. The Morgan fingerprint density at radius 1 is 1.41 bits per heavy atom. The predicted molar refractivity (Wildman–Crippen MR) is 67.7 cm³/mol. The van der Waals surface area contributed by atoms with Gasteiger partial charge >= 0.3 is 0 Å². The van der Waals surface area contributed by atoms with E-state index >= 15 is 0 Å². The fourth-order valence-electron chi connectivity index (χ4n) is 1.83. The third kappa shape index (κ3) is 4.27. The van der Waals surface area contributed by atoms with Gasteiger partial charge in [0.25, 0.3) is 0 Å². The monoisotopic (exact) mass is 237 g/mol. The number of carbonyl (C=O) groups is 1. The van der Waals surface area contributed by atoms with Crippen molar-refractivity contribution in [1.29, 1.82) is 0 Å². The first kappa shape index (κ1) is 13.8. The zero-order valence-corrected chi connectivity index (χ0v) is 10.7. The van der Waals surface area contributed by atoms with Crippen molar-refractivity contribution in [3.8, 4) is 0 Å². The van der Waals surface area contributed by atoms with Crippen molar-refractivity contribution in [2.45, 2.75) is 33.2 Å². The average molecular weight is 237 g/mol. The molecule has 0 heterocycles. The Labute approximate surface area is 102 Å². The zero-order valence-electron chi connectivity index (χ0n) is 10.7. The molecule has 94 valence electrons. The van der Waals surface area contributed by atoms with E-state index in [-0.39, 0.29) is 11.6 Å². The standard InChI is InChI=1S/C14H20FNO/c1-4-16(11(2)3)9-8-14(17)12-6-5-7-13(15)10-12/h5-7,10-11H,4,8-9H2,1-3H3. The molecule has 0 aliphatic carbocycles. The molecule has 3 heteroatoms. The van der Waals surface area contributed by atoms with Crippen LogP contribution in [0.2, 0.25) is 0 Å². The third-order valence-corrected chi connectivity index (χ3v) is 2.91. The zero-order chi connectivity index (χ0) is 12.8. The second-order valence-corrected chi connectivity index (χ2v) is 4.41. The van der Waals surface area contributed by atoms with E-state index in [0.29, 0.717) is 18.0 Å². The van der Waals surface area contributed by atoms with Crippen LogP contribution in [-0.2, 0) is 0 Å². The number of hydrogen-bond donors (Lipinski definition) is 0. The molecule has 0 bridgehead atoms. The van der Waals surface area contributed by atoms with Gasteiger partial charge in [-0.05, 0) is 32.5 Å². The minimum absolute atomic E-state index is 0.00333. The van der Waals surface area contributed by atoms with E-state index in [9.17, 15) is 9.18 Å². The smallest absolute Gasteiger partial charge is 0.164 e. The van der Waals surface area contributed by atoms with Gasteiger partial charge < -0.3 is 4.90 Å². The molecule has 0 unspecified atom stereocenters. The Hall–Kier alpha value is -1.22. The first-order chi connectivity index (χ1) is 8.04. The summed E-state index contributed by atoms with van der Waals surface area (Å²) in [6.07, 6.45) is 0.440. The minimum Gasteiger partial charge on any atom is -0.301 e. The fourth-order valence-corrected chi connectivity index (χ4v) is 1.83. The molecule has 0 N–H and O–H groups in total. The highest BCUT2D eigenvalue weighted by Gasteiger charge is 2.11. The van der Waals surface area contributed by atoms with Crippen molar-refractivity contribution in [2.75, 3.05) is 13.1 Å². The van der Waals surface area contributed by atoms with E-state index in [2.05, 4.69) is 25.7 Å². The number of nitrogens with zero attached hydrogens (tertiary/aromatic N) is 1. The molecule has 0 atom stereocenters. The molecule has 1 aromatic carbocycles. The Kier molecular flexibility index (Phi) is 5.29. The molecular formula is C14H20FNO. The van der Waals surface area contributed by atoms with Gasteiger partial charge in [0.15, 0.2) is 5.78 Å². The summed E-state index contributed by atoms with van der Waals surface area (Å²) in [5.41, 5.74) is 0.463. The van der Waals surface area contributed by atoms with Crippen LogP contribution in [0.3, 0.4) is 0 Å². The van der Waals surface area contributed by atoms with Crippen LogP contribution in [0.25, 0.3) is 0 Å². The molecule has 0 fully saturated rings. The Bertz CT molecular complexity index is 376. The van der Waals surface area contributed by atoms with Crippen LogP contribution in [0.4, 0.5) is 4.39 Å². The highest BCUT2D eigenvalue weighted by atomic mass is 19.1. The van der Waals surface area contributed by atoms with Gasteiger partial charge in [-0.15, -0.1) is 0 Å². The molecule has 0 spiro atoms. The molecule has 0 amide bonds. The highest BCUT2D eigenvalue weighted by Crippen LogP contribution is 2.08. The highest BCUT2D eigenvalue weighted by molar-refractivity contribution is 5.96. The maximum atomic E-state index is 13.0.